The number of nitrogens with zero attached hydrogens (tertiary/aromatic N) is 2. The zero-order valence-electron chi connectivity index (χ0n) is 15.8. The monoisotopic (exact) mass is 374 g/mol. The first-order chi connectivity index (χ1) is 13.1. The predicted octanol–water partition coefficient (Wildman–Crippen LogP) is 2.78. The maximum Gasteiger partial charge on any atom is 0.165 e. The summed E-state index contributed by atoms with van der Waals surface area (Å²) < 4.78 is 25.1. The number of fused-ring (bicyclic) bond motifs is 1. The van der Waals surface area contributed by atoms with Gasteiger partial charge in [0.1, 0.15) is 24.6 Å². The van der Waals surface area contributed by atoms with Gasteiger partial charge in [-0.2, -0.15) is 0 Å². The maximum atomic E-state index is 13.6. The van der Waals surface area contributed by atoms with E-state index >= 15 is 0 Å². The van der Waals surface area contributed by atoms with Gasteiger partial charge in [-0.15, -0.1) is 0 Å². The first kappa shape index (κ1) is 19.5. The highest BCUT2D eigenvalue weighted by atomic mass is 19.1. The minimum atomic E-state index is -0.715. The predicted molar refractivity (Wildman–Crippen MR) is 104 cm³/mol. The lowest BCUT2D eigenvalue weighted by molar-refractivity contribution is 0.0595. The molecule has 2 aromatic carbocycles. The molecule has 0 aliphatic carbocycles. The van der Waals surface area contributed by atoms with Gasteiger partial charge in [0.2, 0.25) is 0 Å². The van der Waals surface area contributed by atoms with Gasteiger partial charge in [0, 0.05) is 19.6 Å². The fraction of sp³-hybridized carbons (Fsp3) is 0.429. The van der Waals surface area contributed by atoms with Gasteiger partial charge < -0.3 is 19.5 Å². The molecule has 1 N–H and O–H groups in total. The summed E-state index contributed by atoms with van der Waals surface area (Å²) >= 11 is 0. The molecular weight excluding hydrogens is 347 g/mol. The van der Waals surface area contributed by atoms with Crippen LogP contribution in [0.4, 0.5) is 10.1 Å². The number of hydrogen-bond acceptors (Lipinski definition) is 5. The van der Waals surface area contributed by atoms with Crippen LogP contribution < -0.4 is 14.4 Å². The minimum absolute atomic E-state index is 0.0181. The molecule has 0 saturated carbocycles. The van der Waals surface area contributed by atoms with E-state index in [2.05, 4.69) is 17.9 Å². The van der Waals surface area contributed by atoms with Crippen LogP contribution in [0.1, 0.15) is 6.92 Å². The van der Waals surface area contributed by atoms with Crippen molar-refractivity contribution in [3.05, 3.63) is 54.3 Å². The van der Waals surface area contributed by atoms with Crippen LogP contribution in [-0.2, 0) is 0 Å². The normalized spacial score (nSPS) is 17.4. The van der Waals surface area contributed by atoms with Crippen molar-refractivity contribution in [2.24, 2.45) is 0 Å². The second-order valence-corrected chi connectivity index (χ2v) is 6.86. The third-order valence-electron chi connectivity index (χ3n) is 4.61. The summed E-state index contributed by atoms with van der Waals surface area (Å²) in [7, 11) is 1.94. The van der Waals surface area contributed by atoms with Crippen molar-refractivity contribution >= 4 is 5.69 Å². The summed E-state index contributed by atoms with van der Waals surface area (Å²) in [5, 5.41) is 10.2. The van der Waals surface area contributed by atoms with E-state index in [1.165, 1.54) is 6.07 Å². The zero-order chi connectivity index (χ0) is 19.2. The Bertz CT molecular complexity index is 743. The second kappa shape index (κ2) is 9.06. The summed E-state index contributed by atoms with van der Waals surface area (Å²) in [5.41, 5.74) is 1.12. The van der Waals surface area contributed by atoms with Crippen LogP contribution in [0.3, 0.4) is 0 Å². The molecule has 0 amide bonds. The summed E-state index contributed by atoms with van der Waals surface area (Å²) in [4.78, 5) is 4.32. The highest BCUT2D eigenvalue weighted by Crippen LogP contribution is 2.32. The number of hydrogen-bond donors (Lipinski definition) is 1. The Kier molecular flexibility index (Phi) is 6.53. The molecule has 0 aromatic heterocycles. The lowest BCUT2D eigenvalue weighted by Gasteiger charge is -2.37. The highest BCUT2D eigenvalue weighted by molar-refractivity contribution is 5.60. The smallest absolute Gasteiger partial charge is 0.165 e. The van der Waals surface area contributed by atoms with E-state index in [0.29, 0.717) is 13.1 Å². The molecule has 3 rings (SSSR count). The van der Waals surface area contributed by atoms with Crippen molar-refractivity contribution in [3.63, 3.8) is 0 Å². The number of aliphatic hydroxyl groups is 1. The number of halogens is 1. The van der Waals surface area contributed by atoms with Crippen molar-refractivity contribution < 1.29 is 19.0 Å². The van der Waals surface area contributed by atoms with Crippen LogP contribution in [0.15, 0.2) is 48.5 Å². The van der Waals surface area contributed by atoms with Gasteiger partial charge in [0.05, 0.1) is 12.2 Å². The molecule has 0 unspecified atom stereocenters. The fourth-order valence-corrected chi connectivity index (χ4v) is 3.36. The average Bonchev–Trinajstić information content (AvgIpc) is 2.66. The van der Waals surface area contributed by atoms with E-state index in [4.69, 9.17) is 9.47 Å². The van der Waals surface area contributed by atoms with E-state index in [1.54, 1.807) is 18.2 Å². The first-order valence-corrected chi connectivity index (χ1v) is 9.31. The topological polar surface area (TPSA) is 45.2 Å². The van der Waals surface area contributed by atoms with Gasteiger partial charge >= 0.3 is 0 Å². The Morgan fingerprint density at radius 1 is 1.26 bits per heavy atom. The first-order valence-electron chi connectivity index (χ1n) is 9.31. The SMILES string of the molecule is CCN1C[C@H](CN(C)C[C@H](O)COc2ccccc2F)Oc2ccccc21. The largest absolute Gasteiger partial charge is 0.488 e. The van der Waals surface area contributed by atoms with E-state index < -0.39 is 11.9 Å². The van der Waals surface area contributed by atoms with Gasteiger partial charge in [0.15, 0.2) is 11.6 Å². The molecule has 2 atom stereocenters. The minimum Gasteiger partial charge on any atom is -0.488 e. The van der Waals surface area contributed by atoms with Crippen molar-refractivity contribution in [2.45, 2.75) is 19.1 Å². The summed E-state index contributed by atoms with van der Waals surface area (Å²) in [6.07, 6.45) is -0.697. The van der Waals surface area contributed by atoms with Crippen molar-refractivity contribution in [2.75, 3.05) is 44.7 Å². The summed E-state index contributed by atoms with van der Waals surface area (Å²) in [5.74, 6) is 0.629. The van der Waals surface area contributed by atoms with Crippen molar-refractivity contribution in [1.82, 2.24) is 4.90 Å². The van der Waals surface area contributed by atoms with Crippen LogP contribution in [-0.4, -0.2) is 62.0 Å². The van der Waals surface area contributed by atoms with E-state index in [0.717, 1.165) is 24.5 Å². The molecule has 1 heterocycles. The lowest BCUT2D eigenvalue weighted by atomic mass is 10.1. The molecule has 0 fully saturated rings. The number of ether oxygens (including phenoxy) is 2. The molecular formula is C21H27FN2O3. The summed E-state index contributed by atoms with van der Waals surface area (Å²) in [6, 6.07) is 14.3. The number of para-hydroxylation sites is 3. The molecule has 0 saturated heterocycles. The molecule has 0 radical (unpaired) electrons. The van der Waals surface area contributed by atoms with Gasteiger partial charge in [-0.1, -0.05) is 24.3 Å². The Hall–Kier alpha value is -2.31. The fourth-order valence-electron chi connectivity index (χ4n) is 3.36. The van der Waals surface area contributed by atoms with Gasteiger partial charge in [-0.3, -0.25) is 4.90 Å². The van der Waals surface area contributed by atoms with Crippen LogP contribution in [0.2, 0.25) is 0 Å². The lowest BCUT2D eigenvalue weighted by Crippen LogP contribution is -2.47. The highest BCUT2D eigenvalue weighted by Gasteiger charge is 2.26. The molecule has 27 heavy (non-hydrogen) atoms. The van der Waals surface area contributed by atoms with Crippen LogP contribution >= 0.6 is 0 Å². The van der Waals surface area contributed by atoms with Crippen molar-refractivity contribution in [1.29, 1.82) is 0 Å². The van der Waals surface area contributed by atoms with E-state index in [-0.39, 0.29) is 18.5 Å². The zero-order valence-corrected chi connectivity index (χ0v) is 15.8. The molecule has 146 valence electrons. The van der Waals surface area contributed by atoms with Gasteiger partial charge in [-0.25, -0.2) is 4.39 Å². The molecule has 1 aliphatic rings. The summed E-state index contributed by atoms with van der Waals surface area (Å²) in [6.45, 7) is 5.00. The Morgan fingerprint density at radius 3 is 2.78 bits per heavy atom. The molecule has 5 nitrogen and oxygen atoms in total. The molecule has 6 heteroatoms. The molecule has 0 bridgehead atoms. The van der Waals surface area contributed by atoms with Crippen LogP contribution in [0, 0.1) is 5.82 Å². The molecule has 2 aromatic rings. The third kappa shape index (κ3) is 5.11. The average molecular weight is 374 g/mol. The maximum absolute atomic E-state index is 13.6. The van der Waals surface area contributed by atoms with Crippen LogP contribution in [0.5, 0.6) is 11.5 Å². The molecule has 0 spiro atoms. The number of likely N-dealkylation sites (N-methyl/N-ethyl adjacent to an activating group) is 2. The number of aliphatic hydroxyl groups excluding tert-OH is 1. The van der Waals surface area contributed by atoms with Crippen molar-refractivity contribution in [3.8, 4) is 11.5 Å². The number of rotatable bonds is 8. The number of anilines is 1. The van der Waals surface area contributed by atoms with Gasteiger partial charge in [-0.05, 0) is 38.2 Å². The molecule has 1 aliphatic heterocycles. The van der Waals surface area contributed by atoms with E-state index in [9.17, 15) is 9.50 Å². The quantitative estimate of drug-likeness (QED) is 0.770. The second-order valence-electron chi connectivity index (χ2n) is 6.86. The Morgan fingerprint density at radius 2 is 2.00 bits per heavy atom. The standard InChI is InChI=1S/C21H27FN2O3/c1-3-24-14-17(27-21-11-7-5-9-19(21)24)13-23(2)12-16(25)15-26-20-10-6-4-8-18(20)22/h4-11,16-17,25H,3,12-15H2,1-2H3/t16-,17-/m0/s1. The van der Waals surface area contributed by atoms with Crippen LogP contribution in [0.25, 0.3) is 0 Å². The van der Waals surface area contributed by atoms with E-state index in [1.807, 2.05) is 30.1 Å². The number of benzene rings is 2. The Balaban J connectivity index is 1.49. The van der Waals surface area contributed by atoms with Gasteiger partial charge in [0.25, 0.3) is 0 Å². The Labute approximate surface area is 159 Å². The third-order valence-corrected chi connectivity index (χ3v) is 4.61.